The molecule has 7 nitrogen and oxygen atoms in total. The van der Waals surface area contributed by atoms with Crippen LogP contribution in [0.3, 0.4) is 0 Å². The molecule has 1 N–H and O–H groups in total. The number of aromatic nitrogens is 6. The molecule has 0 bridgehead atoms. The van der Waals surface area contributed by atoms with Crippen LogP contribution in [0.4, 0.5) is 5.82 Å². The number of hydrogen-bond donors (Lipinski definition) is 1. The van der Waals surface area contributed by atoms with E-state index in [-0.39, 0.29) is 0 Å². The van der Waals surface area contributed by atoms with Crippen molar-refractivity contribution in [3.8, 4) is 0 Å². The first-order valence-corrected chi connectivity index (χ1v) is 8.34. The molecule has 0 aromatic carbocycles. The van der Waals surface area contributed by atoms with Crippen LogP contribution in [0.15, 0.2) is 18.9 Å². The molecule has 118 valence electrons. The Morgan fingerprint density at radius 2 is 2.09 bits per heavy atom. The highest BCUT2D eigenvalue weighted by atomic mass is 15.3. The molecule has 4 heterocycles. The molecule has 3 aromatic rings. The van der Waals surface area contributed by atoms with Crippen LogP contribution >= 0.6 is 0 Å². The molecule has 1 saturated heterocycles. The van der Waals surface area contributed by atoms with Gasteiger partial charge in [0.1, 0.15) is 12.1 Å². The Morgan fingerprint density at radius 1 is 1.13 bits per heavy atom. The van der Waals surface area contributed by atoms with Gasteiger partial charge in [0.05, 0.1) is 29.6 Å². The maximum Gasteiger partial charge on any atom is 0.160 e. The predicted molar refractivity (Wildman–Crippen MR) is 86.4 cm³/mol. The zero-order valence-electron chi connectivity index (χ0n) is 12.9. The molecular weight excluding hydrogens is 290 g/mol. The van der Waals surface area contributed by atoms with E-state index < -0.39 is 0 Å². The van der Waals surface area contributed by atoms with Crippen molar-refractivity contribution in [2.24, 2.45) is 0 Å². The molecule has 1 unspecified atom stereocenters. The van der Waals surface area contributed by atoms with Crippen molar-refractivity contribution in [2.45, 2.75) is 38.1 Å². The second-order valence-electron chi connectivity index (χ2n) is 6.47. The van der Waals surface area contributed by atoms with Gasteiger partial charge in [-0.1, -0.05) is 0 Å². The molecule has 1 aliphatic heterocycles. The summed E-state index contributed by atoms with van der Waals surface area (Å²) in [6, 6.07) is 0.487. The van der Waals surface area contributed by atoms with Gasteiger partial charge in [0, 0.05) is 18.8 Å². The zero-order valence-corrected chi connectivity index (χ0v) is 12.9. The van der Waals surface area contributed by atoms with Crippen molar-refractivity contribution in [2.75, 3.05) is 18.0 Å². The summed E-state index contributed by atoms with van der Waals surface area (Å²) in [6.45, 7) is 1.98. The first-order valence-electron chi connectivity index (χ1n) is 8.34. The van der Waals surface area contributed by atoms with Crippen molar-refractivity contribution >= 4 is 16.9 Å². The van der Waals surface area contributed by atoms with Crippen LogP contribution in [-0.4, -0.2) is 42.8 Å². The van der Waals surface area contributed by atoms with E-state index in [1.54, 1.807) is 6.33 Å². The van der Waals surface area contributed by atoms with E-state index in [0.717, 1.165) is 42.8 Å². The SMILES string of the molecule is c1nc(N2CCC(n3cnc4c3CCCC4)C2)c2cn[nH]c2n1. The first-order chi connectivity index (χ1) is 11.4. The summed E-state index contributed by atoms with van der Waals surface area (Å²) in [4.78, 5) is 15.7. The number of H-pyrrole nitrogens is 1. The fraction of sp³-hybridized carbons (Fsp3) is 0.500. The number of rotatable bonds is 2. The molecule has 1 atom stereocenters. The third kappa shape index (κ3) is 2.03. The van der Waals surface area contributed by atoms with Gasteiger partial charge in [-0.3, -0.25) is 5.10 Å². The zero-order chi connectivity index (χ0) is 15.2. The van der Waals surface area contributed by atoms with Crippen molar-refractivity contribution in [3.63, 3.8) is 0 Å². The van der Waals surface area contributed by atoms with Gasteiger partial charge >= 0.3 is 0 Å². The molecule has 1 aliphatic carbocycles. The lowest BCUT2D eigenvalue weighted by molar-refractivity contribution is 0.515. The largest absolute Gasteiger partial charge is 0.354 e. The van der Waals surface area contributed by atoms with Crippen molar-refractivity contribution in [3.05, 3.63) is 30.2 Å². The maximum absolute atomic E-state index is 4.64. The van der Waals surface area contributed by atoms with Gasteiger partial charge in [-0.25, -0.2) is 15.0 Å². The molecule has 0 radical (unpaired) electrons. The standard InChI is InChI=1S/C16H19N7/c1-2-4-14-13(3-1)19-10-23(14)11-5-6-22(8-11)16-12-7-20-21-15(12)17-9-18-16/h7,9-11H,1-6,8H2,(H,17,18,20,21). The fourth-order valence-corrected chi connectivity index (χ4v) is 3.97. The number of anilines is 1. The molecule has 3 aromatic heterocycles. The van der Waals surface area contributed by atoms with Gasteiger partial charge in [-0.15, -0.1) is 0 Å². The van der Waals surface area contributed by atoms with Crippen molar-refractivity contribution < 1.29 is 0 Å². The Kier molecular flexibility index (Phi) is 2.86. The normalized spacial score (nSPS) is 21.0. The molecule has 0 saturated carbocycles. The third-order valence-electron chi connectivity index (χ3n) is 5.14. The molecule has 1 fully saturated rings. The molecule has 5 rings (SSSR count). The summed E-state index contributed by atoms with van der Waals surface area (Å²) in [7, 11) is 0. The fourth-order valence-electron chi connectivity index (χ4n) is 3.97. The average molecular weight is 309 g/mol. The Morgan fingerprint density at radius 3 is 3.09 bits per heavy atom. The van der Waals surface area contributed by atoms with Crippen LogP contribution in [0, 0.1) is 0 Å². The third-order valence-corrected chi connectivity index (χ3v) is 5.14. The summed E-state index contributed by atoms with van der Waals surface area (Å²) >= 11 is 0. The summed E-state index contributed by atoms with van der Waals surface area (Å²) in [5.41, 5.74) is 3.58. The van der Waals surface area contributed by atoms with Crippen molar-refractivity contribution in [1.82, 2.24) is 29.7 Å². The van der Waals surface area contributed by atoms with E-state index in [2.05, 4.69) is 40.9 Å². The minimum absolute atomic E-state index is 0.487. The Labute approximate surface area is 133 Å². The van der Waals surface area contributed by atoms with Crippen LogP contribution in [0.1, 0.15) is 36.7 Å². The monoisotopic (exact) mass is 309 g/mol. The average Bonchev–Trinajstić information content (AvgIpc) is 3.32. The lowest BCUT2D eigenvalue weighted by atomic mass is 10.0. The first kappa shape index (κ1) is 13.0. The lowest BCUT2D eigenvalue weighted by Crippen LogP contribution is -2.23. The highest BCUT2D eigenvalue weighted by Gasteiger charge is 2.29. The smallest absolute Gasteiger partial charge is 0.160 e. The number of imidazole rings is 1. The molecule has 2 aliphatic rings. The van der Waals surface area contributed by atoms with Gasteiger partial charge in [-0.05, 0) is 32.1 Å². The summed E-state index contributed by atoms with van der Waals surface area (Å²) in [6.07, 6.45) is 11.5. The van der Waals surface area contributed by atoms with Crippen LogP contribution < -0.4 is 4.90 Å². The van der Waals surface area contributed by atoms with Crippen LogP contribution in [0.2, 0.25) is 0 Å². The van der Waals surface area contributed by atoms with E-state index in [1.165, 1.54) is 30.7 Å². The second kappa shape index (κ2) is 5.04. The number of aromatic amines is 1. The van der Waals surface area contributed by atoms with E-state index in [0.29, 0.717) is 6.04 Å². The Hall–Kier alpha value is -2.44. The minimum atomic E-state index is 0.487. The summed E-state index contributed by atoms with van der Waals surface area (Å²) in [5.74, 6) is 0.986. The number of fused-ring (bicyclic) bond motifs is 2. The summed E-state index contributed by atoms with van der Waals surface area (Å²) in [5, 5.41) is 8.01. The van der Waals surface area contributed by atoms with E-state index in [1.807, 2.05) is 6.20 Å². The topological polar surface area (TPSA) is 75.5 Å². The highest BCUT2D eigenvalue weighted by Crippen LogP contribution is 2.32. The molecule has 23 heavy (non-hydrogen) atoms. The number of hydrogen-bond acceptors (Lipinski definition) is 5. The second-order valence-corrected chi connectivity index (χ2v) is 6.47. The van der Waals surface area contributed by atoms with Crippen LogP contribution in [0.5, 0.6) is 0 Å². The van der Waals surface area contributed by atoms with Gasteiger partial charge in [-0.2, -0.15) is 5.10 Å². The van der Waals surface area contributed by atoms with Crippen LogP contribution in [-0.2, 0) is 12.8 Å². The molecule has 7 heteroatoms. The number of nitrogens with one attached hydrogen (secondary N) is 1. The Bertz CT molecular complexity index is 849. The Balaban J connectivity index is 1.45. The van der Waals surface area contributed by atoms with E-state index >= 15 is 0 Å². The predicted octanol–water partition coefficient (Wildman–Crippen LogP) is 1.88. The van der Waals surface area contributed by atoms with Gasteiger partial charge < -0.3 is 9.47 Å². The molecule has 0 spiro atoms. The minimum Gasteiger partial charge on any atom is -0.354 e. The lowest BCUT2D eigenvalue weighted by Gasteiger charge is -2.21. The van der Waals surface area contributed by atoms with E-state index in [4.69, 9.17) is 0 Å². The number of aryl methyl sites for hydroxylation is 1. The van der Waals surface area contributed by atoms with Crippen LogP contribution in [0.25, 0.3) is 11.0 Å². The molecule has 0 amide bonds. The van der Waals surface area contributed by atoms with Gasteiger partial charge in [0.25, 0.3) is 0 Å². The van der Waals surface area contributed by atoms with Crippen molar-refractivity contribution in [1.29, 1.82) is 0 Å². The van der Waals surface area contributed by atoms with E-state index in [9.17, 15) is 0 Å². The summed E-state index contributed by atoms with van der Waals surface area (Å²) < 4.78 is 2.42. The van der Waals surface area contributed by atoms with Gasteiger partial charge in [0.15, 0.2) is 5.65 Å². The van der Waals surface area contributed by atoms with Gasteiger partial charge in [0.2, 0.25) is 0 Å². The maximum atomic E-state index is 4.64. The number of nitrogens with zero attached hydrogens (tertiary/aromatic N) is 6. The highest BCUT2D eigenvalue weighted by molar-refractivity contribution is 5.86. The molecular formula is C16H19N7. The quantitative estimate of drug-likeness (QED) is 0.782.